The highest BCUT2D eigenvalue weighted by Gasteiger charge is 2.30. The lowest BCUT2D eigenvalue weighted by atomic mass is 9.99. The Hall–Kier alpha value is -2.30. The summed E-state index contributed by atoms with van der Waals surface area (Å²) in [5.74, 6) is 0. The summed E-state index contributed by atoms with van der Waals surface area (Å²) in [6.45, 7) is 2.16. The molecule has 0 aliphatic heterocycles. The highest BCUT2D eigenvalue weighted by molar-refractivity contribution is 6.05. The molecule has 0 aliphatic rings. The summed E-state index contributed by atoms with van der Waals surface area (Å²) in [6.07, 6.45) is 1.06. The van der Waals surface area contributed by atoms with Gasteiger partial charge in [-0.05, 0) is 42.0 Å². The number of unbranched alkanes of at least 4 members (excludes halogenated alkanes) is 3. The number of H-pyrrole nitrogens is 1. The third kappa shape index (κ3) is 3.70. The summed E-state index contributed by atoms with van der Waals surface area (Å²) in [5, 5.41) is 1.85. The molecule has 0 atom stereocenters. The molecule has 1 N–H and O–H groups in total. The Kier molecular flexibility index (Phi) is 4.84. The topological polar surface area (TPSA) is 32.9 Å². The van der Waals surface area contributed by atoms with Crippen LogP contribution in [0.2, 0.25) is 0 Å². The lowest BCUT2D eigenvalue weighted by Gasteiger charge is -2.10. The number of rotatable bonds is 5. The molecule has 0 spiro atoms. The van der Waals surface area contributed by atoms with Crippen LogP contribution >= 0.6 is 0 Å². The van der Waals surface area contributed by atoms with Crippen LogP contribution in [0.25, 0.3) is 21.7 Å². The zero-order valence-corrected chi connectivity index (χ0v) is 14.0. The fraction of sp³-hybridized carbons (Fsp3) is 0.350. The third-order valence-corrected chi connectivity index (χ3v) is 4.53. The van der Waals surface area contributed by atoms with Crippen LogP contribution in [0.5, 0.6) is 0 Å². The van der Waals surface area contributed by atoms with Crippen molar-refractivity contribution >= 4 is 21.7 Å². The Bertz CT molecular complexity index is 957. The third-order valence-electron chi connectivity index (χ3n) is 4.53. The van der Waals surface area contributed by atoms with E-state index < -0.39 is 11.7 Å². The number of hydrogen-bond acceptors (Lipinski definition) is 1. The molecule has 5 heteroatoms. The Balaban J connectivity index is 2.07. The average molecular weight is 347 g/mol. The van der Waals surface area contributed by atoms with Gasteiger partial charge in [-0.25, -0.2) is 0 Å². The highest BCUT2D eigenvalue weighted by atomic mass is 19.4. The van der Waals surface area contributed by atoms with E-state index in [4.69, 9.17) is 0 Å². The van der Waals surface area contributed by atoms with E-state index in [1.807, 2.05) is 12.1 Å². The van der Waals surface area contributed by atoms with Crippen molar-refractivity contribution in [1.82, 2.24) is 4.98 Å². The van der Waals surface area contributed by atoms with Crippen molar-refractivity contribution in [3.05, 3.63) is 57.9 Å². The van der Waals surface area contributed by atoms with Gasteiger partial charge in [-0.3, -0.25) is 4.79 Å². The number of aryl methyl sites for hydroxylation is 1. The van der Waals surface area contributed by atoms with Gasteiger partial charge in [-0.2, -0.15) is 13.2 Å². The van der Waals surface area contributed by atoms with Crippen LogP contribution in [-0.2, 0) is 12.6 Å². The molecule has 0 fully saturated rings. The van der Waals surface area contributed by atoms with Crippen molar-refractivity contribution in [3.63, 3.8) is 0 Å². The van der Waals surface area contributed by atoms with Gasteiger partial charge in [-0.1, -0.05) is 44.4 Å². The monoisotopic (exact) mass is 347 g/mol. The van der Waals surface area contributed by atoms with Crippen LogP contribution in [0.1, 0.15) is 43.7 Å². The van der Waals surface area contributed by atoms with Crippen LogP contribution in [0, 0.1) is 0 Å². The minimum absolute atomic E-state index is 0.218. The average Bonchev–Trinajstić information content (AvgIpc) is 2.57. The number of fused-ring (bicyclic) bond motifs is 3. The second-order valence-electron chi connectivity index (χ2n) is 6.40. The molecule has 0 unspecified atom stereocenters. The van der Waals surface area contributed by atoms with Crippen LogP contribution in [0.3, 0.4) is 0 Å². The lowest BCUT2D eigenvalue weighted by molar-refractivity contribution is -0.137. The number of alkyl halides is 3. The Labute approximate surface area is 143 Å². The zero-order chi connectivity index (χ0) is 18.0. The second kappa shape index (κ2) is 6.90. The van der Waals surface area contributed by atoms with E-state index in [1.165, 1.54) is 18.9 Å². The number of pyridine rings is 1. The summed E-state index contributed by atoms with van der Waals surface area (Å²) in [7, 11) is 0. The normalized spacial score (nSPS) is 12.2. The summed E-state index contributed by atoms with van der Waals surface area (Å²) in [4.78, 5) is 14.8. The summed E-state index contributed by atoms with van der Waals surface area (Å²) in [6, 6.07) is 9.14. The maximum Gasteiger partial charge on any atom is 0.416 e. The fourth-order valence-corrected chi connectivity index (χ4v) is 3.17. The number of benzene rings is 2. The van der Waals surface area contributed by atoms with Gasteiger partial charge >= 0.3 is 6.18 Å². The molecule has 0 saturated carbocycles. The molecule has 25 heavy (non-hydrogen) atoms. The maximum absolute atomic E-state index is 12.9. The molecule has 2 aromatic carbocycles. The predicted molar refractivity (Wildman–Crippen MR) is 94.9 cm³/mol. The molecular formula is C20H20F3NO. The SMILES string of the molecule is CCCCCCc1ccc2c(=O)[nH]c3cc(C(F)(F)F)ccc3c2c1. The van der Waals surface area contributed by atoms with Crippen molar-refractivity contribution < 1.29 is 13.2 Å². The predicted octanol–water partition coefficient (Wildman–Crippen LogP) is 5.82. The number of aromatic amines is 1. The molecule has 1 aromatic heterocycles. The van der Waals surface area contributed by atoms with E-state index in [2.05, 4.69) is 11.9 Å². The quantitative estimate of drug-likeness (QED) is 0.457. The van der Waals surface area contributed by atoms with Crippen molar-refractivity contribution in [3.8, 4) is 0 Å². The molecule has 0 radical (unpaired) electrons. The van der Waals surface area contributed by atoms with Gasteiger partial charge in [0.1, 0.15) is 0 Å². The Morgan fingerprint density at radius 1 is 0.920 bits per heavy atom. The molecule has 3 aromatic rings. The number of hydrogen-bond donors (Lipinski definition) is 1. The van der Waals surface area contributed by atoms with E-state index in [9.17, 15) is 18.0 Å². The summed E-state index contributed by atoms with van der Waals surface area (Å²) in [5.41, 5.74) is 0.205. The molecule has 0 bridgehead atoms. The molecule has 0 aliphatic carbocycles. The first-order valence-corrected chi connectivity index (χ1v) is 8.56. The minimum Gasteiger partial charge on any atom is -0.321 e. The van der Waals surface area contributed by atoms with Gasteiger partial charge in [0.15, 0.2) is 0 Å². The molecule has 1 heterocycles. The first-order valence-electron chi connectivity index (χ1n) is 8.56. The Morgan fingerprint density at radius 3 is 2.40 bits per heavy atom. The zero-order valence-electron chi connectivity index (χ0n) is 14.0. The molecule has 3 rings (SSSR count). The first-order chi connectivity index (χ1) is 11.9. The van der Waals surface area contributed by atoms with Crippen LogP contribution in [0.15, 0.2) is 41.2 Å². The molecule has 0 saturated heterocycles. The maximum atomic E-state index is 12.9. The molecular weight excluding hydrogens is 327 g/mol. The van der Waals surface area contributed by atoms with Gasteiger partial charge in [-0.15, -0.1) is 0 Å². The van der Waals surface area contributed by atoms with Crippen LogP contribution in [-0.4, -0.2) is 4.98 Å². The van der Waals surface area contributed by atoms with E-state index >= 15 is 0 Å². The highest BCUT2D eigenvalue weighted by Crippen LogP contribution is 2.32. The number of aromatic nitrogens is 1. The Morgan fingerprint density at radius 2 is 1.68 bits per heavy atom. The van der Waals surface area contributed by atoms with E-state index in [0.717, 1.165) is 37.0 Å². The lowest BCUT2D eigenvalue weighted by Crippen LogP contribution is -2.09. The van der Waals surface area contributed by atoms with Gasteiger partial charge in [0.05, 0.1) is 5.56 Å². The van der Waals surface area contributed by atoms with Gasteiger partial charge in [0.2, 0.25) is 0 Å². The minimum atomic E-state index is -4.43. The standard InChI is InChI=1S/C20H20F3NO/c1-2-3-4-5-6-13-7-9-16-17(11-13)15-10-8-14(20(21,22)23)12-18(15)24-19(16)25/h7-12H,2-6H2,1H3,(H,24,25). The van der Waals surface area contributed by atoms with Crippen molar-refractivity contribution in [2.24, 2.45) is 0 Å². The summed E-state index contributed by atoms with van der Waals surface area (Å²) < 4.78 is 38.7. The second-order valence-corrected chi connectivity index (χ2v) is 6.40. The van der Waals surface area contributed by atoms with Gasteiger partial charge < -0.3 is 4.98 Å². The smallest absolute Gasteiger partial charge is 0.321 e. The van der Waals surface area contributed by atoms with Gasteiger partial charge in [0, 0.05) is 16.3 Å². The van der Waals surface area contributed by atoms with E-state index in [-0.39, 0.29) is 11.1 Å². The van der Waals surface area contributed by atoms with Crippen molar-refractivity contribution in [1.29, 1.82) is 0 Å². The first kappa shape index (κ1) is 17.5. The molecule has 132 valence electrons. The molecule has 0 amide bonds. The number of halogens is 3. The van der Waals surface area contributed by atoms with Crippen molar-refractivity contribution in [2.75, 3.05) is 0 Å². The van der Waals surface area contributed by atoms with E-state index in [0.29, 0.717) is 16.2 Å². The largest absolute Gasteiger partial charge is 0.416 e. The van der Waals surface area contributed by atoms with Gasteiger partial charge in [0.25, 0.3) is 5.56 Å². The molecule has 2 nitrogen and oxygen atoms in total. The van der Waals surface area contributed by atoms with E-state index in [1.54, 1.807) is 6.07 Å². The van der Waals surface area contributed by atoms with Crippen LogP contribution < -0.4 is 5.56 Å². The number of nitrogens with one attached hydrogen (secondary N) is 1. The fourth-order valence-electron chi connectivity index (χ4n) is 3.17. The van der Waals surface area contributed by atoms with Crippen molar-refractivity contribution in [2.45, 2.75) is 45.2 Å². The summed E-state index contributed by atoms with van der Waals surface area (Å²) >= 11 is 0. The van der Waals surface area contributed by atoms with Crippen LogP contribution in [0.4, 0.5) is 13.2 Å².